The summed E-state index contributed by atoms with van der Waals surface area (Å²) in [5.41, 5.74) is 0.226. The van der Waals surface area contributed by atoms with Gasteiger partial charge in [-0.1, -0.05) is 0 Å². The average Bonchev–Trinajstić information content (AvgIpc) is 3.31. The van der Waals surface area contributed by atoms with E-state index in [9.17, 15) is 19.2 Å². The van der Waals surface area contributed by atoms with Gasteiger partial charge in [0, 0.05) is 0 Å². The van der Waals surface area contributed by atoms with Crippen molar-refractivity contribution in [3.05, 3.63) is 65.4 Å². The second-order valence-corrected chi connectivity index (χ2v) is 13.7. The molecule has 0 unspecified atom stereocenters. The number of Topliss-reactive ketones (excluding diaryl/α,β-unsaturated/α-hetero) is 2. The summed E-state index contributed by atoms with van der Waals surface area (Å²) in [6, 6.07) is 8.63. The summed E-state index contributed by atoms with van der Waals surface area (Å²) in [6.45, 7) is 7.66. The monoisotopic (exact) mass is 620 g/mol. The van der Waals surface area contributed by atoms with Gasteiger partial charge < -0.3 is 0 Å². The molecule has 1 saturated heterocycles. The summed E-state index contributed by atoms with van der Waals surface area (Å²) in [6.07, 6.45) is 2.74. The van der Waals surface area contributed by atoms with Crippen LogP contribution in [0, 0.1) is 0 Å². The van der Waals surface area contributed by atoms with Crippen molar-refractivity contribution in [2.45, 2.75) is 26.3 Å². The Bertz CT molecular complexity index is 1310. The molecular formula is C26H29InN6O5. The van der Waals surface area contributed by atoms with Crippen LogP contribution in [0.25, 0.3) is 0 Å². The number of carbonyl (C=O) groups is 4. The molecule has 0 aliphatic carbocycles. The maximum absolute atomic E-state index is 13.7. The Morgan fingerprint density at radius 1 is 1.03 bits per heavy atom. The molecule has 1 aromatic carbocycles. The van der Waals surface area contributed by atoms with E-state index in [0.29, 0.717) is 37.6 Å². The van der Waals surface area contributed by atoms with Gasteiger partial charge in [-0.25, -0.2) is 0 Å². The molecule has 1 fully saturated rings. The van der Waals surface area contributed by atoms with Gasteiger partial charge in [0.25, 0.3) is 0 Å². The van der Waals surface area contributed by atoms with Crippen molar-refractivity contribution in [2.24, 2.45) is 0 Å². The summed E-state index contributed by atoms with van der Waals surface area (Å²) in [4.78, 5) is 62.9. The van der Waals surface area contributed by atoms with Crippen LogP contribution in [0.3, 0.4) is 0 Å². The first kappa shape index (κ1) is 27.6. The van der Waals surface area contributed by atoms with Crippen molar-refractivity contribution < 1.29 is 23.9 Å². The van der Waals surface area contributed by atoms with Crippen LogP contribution in [0.4, 0.5) is 5.82 Å². The number of hydrogen-bond donors (Lipinski definition) is 2. The third kappa shape index (κ3) is 6.02. The predicted octanol–water partition coefficient (Wildman–Crippen LogP) is 0.358. The normalized spacial score (nSPS) is 15.5. The van der Waals surface area contributed by atoms with Crippen molar-refractivity contribution in [2.75, 3.05) is 36.2 Å². The zero-order valence-electron chi connectivity index (χ0n) is 21.8. The van der Waals surface area contributed by atoms with Gasteiger partial charge in [0.05, 0.1) is 0 Å². The van der Waals surface area contributed by atoms with Crippen molar-refractivity contribution in [1.29, 1.82) is 0 Å². The number of methoxy groups -OCH3 is 1. The molecule has 1 aromatic heterocycles. The molecule has 0 spiro atoms. The van der Waals surface area contributed by atoms with E-state index in [1.807, 2.05) is 20.8 Å². The molecule has 38 heavy (non-hydrogen) atoms. The molecule has 196 valence electrons. The fourth-order valence-corrected chi connectivity index (χ4v) is 8.35. The maximum atomic E-state index is 13.7. The van der Waals surface area contributed by atoms with Crippen LogP contribution in [0.15, 0.2) is 54.2 Å². The van der Waals surface area contributed by atoms with Crippen LogP contribution in [-0.2, 0) is 14.3 Å². The first-order chi connectivity index (χ1) is 18.1. The van der Waals surface area contributed by atoms with Crippen molar-refractivity contribution >= 4 is 55.2 Å². The quantitative estimate of drug-likeness (QED) is 0.333. The number of allylic oxidation sites excluding steroid dienone is 2. The molecule has 2 amide bonds. The Hall–Kier alpha value is -3.38. The number of rotatable bonds is 7. The third-order valence-corrected chi connectivity index (χ3v) is 10.3. The van der Waals surface area contributed by atoms with Crippen LogP contribution in [0.2, 0.25) is 0 Å². The number of nitrogens with one attached hydrogen (secondary N) is 2. The molecule has 0 bridgehead atoms. The van der Waals surface area contributed by atoms with E-state index in [0.717, 1.165) is 0 Å². The zero-order valence-corrected chi connectivity index (χ0v) is 25.1. The number of piperazine rings is 1. The summed E-state index contributed by atoms with van der Waals surface area (Å²) in [7, 11) is 1.38. The molecule has 0 radical (unpaired) electrons. The number of amides is 2. The van der Waals surface area contributed by atoms with Crippen LogP contribution in [0.1, 0.15) is 41.6 Å². The van der Waals surface area contributed by atoms with Gasteiger partial charge >= 0.3 is 233 Å². The zero-order chi connectivity index (χ0) is 27.4. The molecule has 11 nitrogen and oxygen atoms in total. The van der Waals surface area contributed by atoms with Gasteiger partial charge in [-0.05, 0) is 0 Å². The van der Waals surface area contributed by atoms with E-state index in [1.54, 1.807) is 33.2 Å². The van der Waals surface area contributed by atoms with Gasteiger partial charge in [-0.2, -0.15) is 0 Å². The number of ketones is 2. The van der Waals surface area contributed by atoms with Gasteiger partial charge in [0.2, 0.25) is 0 Å². The summed E-state index contributed by atoms with van der Waals surface area (Å²) in [5, 5.41) is 5.99. The van der Waals surface area contributed by atoms with Gasteiger partial charge in [0.15, 0.2) is 0 Å². The first-order valence-electron chi connectivity index (χ1n) is 12.2. The summed E-state index contributed by atoms with van der Waals surface area (Å²) >= 11 is -2.35. The number of hydrogen-bond acceptors (Lipinski definition) is 9. The standard InChI is InChI=1S/C26H30N6O5.In/c1-26(2,3)31-24(35)18-15-29-21(16-28-18)30-22(23(34)17-8-6-5-7-9-17)20(37-4)14-19(33)25(36)32-12-10-27-11-13-32;/h5-9,15-16,27H,10-13H2,1-4H3,(H2,29,30,31,35);/q;+1/p-1. The second-order valence-electron chi connectivity index (χ2n) is 9.83. The SMILES string of the molecule is COC1=C(C(=O)c2ccccc2)[N](c2cnc(C(=O)NC(C)(C)C)cn2)[In]=[C]1C(=O)C(=O)N1CCNCC1. The minimum absolute atomic E-state index is 0.102. The molecule has 2 aliphatic heterocycles. The molecule has 0 atom stereocenters. The molecular weight excluding hydrogens is 591 g/mol. The Morgan fingerprint density at radius 3 is 2.29 bits per heavy atom. The van der Waals surface area contributed by atoms with E-state index in [4.69, 9.17) is 4.74 Å². The van der Waals surface area contributed by atoms with E-state index in [1.165, 1.54) is 24.4 Å². The van der Waals surface area contributed by atoms with Crippen molar-refractivity contribution in [1.82, 2.24) is 25.5 Å². The van der Waals surface area contributed by atoms with Crippen molar-refractivity contribution in [3.8, 4) is 0 Å². The van der Waals surface area contributed by atoms with Crippen LogP contribution in [-0.4, -0.2) is 103 Å². The average molecular weight is 620 g/mol. The van der Waals surface area contributed by atoms with Gasteiger partial charge in [-0.15, -0.1) is 0 Å². The fraction of sp³-hybridized carbons (Fsp3) is 0.346. The third-order valence-electron chi connectivity index (χ3n) is 5.86. The second kappa shape index (κ2) is 11.6. The molecule has 12 heteroatoms. The molecule has 2 aliphatic rings. The summed E-state index contributed by atoms with van der Waals surface area (Å²) in [5.74, 6) is -1.58. The fourth-order valence-electron chi connectivity index (χ4n) is 4.07. The van der Waals surface area contributed by atoms with Gasteiger partial charge in [0.1, 0.15) is 0 Å². The van der Waals surface area contributed by atoms with E-state index in [2.05, 4.69) is 20.6 Å². The van der Waals surface area contributed by atoms with Crippen LogP contribution in [0.5, 0.6) is 0 Å². The minimum atomic E-state index is -2.35. The number of carbonyl (C=O) groups excluding carboxylic acids is 4. The van der Waals surface area contributed by atoms with Crippen LogP contribution < -0.4 is 13.5 Å². The molecule has 4 rings (SSSR count). The van der Waals surface area contributed by atoms with Crippen LogP contribution >= 0.6 is 0 Å². The van der Waals surface area contributed by atoms with Crippen molar-refractivity contribution in [3.63, 3.8) is 0 Å². The van der Waals surface area contributed by atoms with E-state index < -0.39 is 39.9 Å². The first-order valence-corrected chi connectivity index (χ1v) is 15.3. The topological polar surface area (TPSA) is 134 Å². The molecule has 3 heterocycles. The Balaban J connectivity index is 1.73. The number of aromatic nitrogens is 2. The Kier molecular flexibility index (Phi) is 8.41. The summed E-state index contributed by atoms with van der Waals surface area (Å²) < 4.78 is 7.55. The number of nitrogens with zero attached hydrogens (tertiary/aromatic N) is 4. The van der Waals surface area contributed by atoms with E-state index in [-0.39, 0.29) is 32.1 Å². The van der Waals surface area contributed by atoms with Gasteiger partial charge in [-0.3, -0.25) is 0 Å². The number of ether oxygens (including phenoxy) is 1. The molecule has 2 N–H and O–H groups in total. The predicted molar refractivity (Wildman–Crippen MR) is 142 cm³/mol. The molecule has 0 saturated carbocycles. The number of benzene rings is 1. The number of anilines is 1. The molecule has 2 aromatic rings. The van der Waals surface area contributed by atoms with E-state index >= 15 is 0 Å². The Morgan fingerprint density at radius 2 is 1.71 bits per heavy atom. The Labute approximate surface area is 231 Å².